The Morgan fingerprint density at radius 1 is 1.35 bits per heavy atom. The largest absolute Gasteiger partial charge is 0.349 e. The van der Waals surface area contributed by atoms with Gasteiger partial charge in [0.25, 0.3) is 0 Å². The van der Waals surface area contributed by atoms with Crippen molar-refractivity contribution in [1.82, 2.24) is 10.2 Å². The smallest absolute Gasteiger partial charge is 0.243 e. The summed E-state index contributed by atoms with van der Waals surface area (Å²) in [5, 5.41) is 3.81. The molecule has 6 heteroatoms. The van der Waals surface area contributed by atoms with E-state index in [4.69, 9.17) is 11.6 Å². The number of carbonyl (C=O) groups excluding carboxylic acids is 2. The number of rotatable bonds is 6. The predicted molar refractivity (Wildman–Crippen MR) is 108 cm³/mol. The van der Waals surface area contributed by atoms with E-state index in [0.717, 1.165) is 17.7 Å². The second-order valence-electron chi connectivity index (χ2n) is 7.80. The van der Waals surface area contributed by atoms with Crippen molar-refractivity contribution in [2.75, 3.05) is 18.6 Å². The molecule has 1 aliphatic heterocycles. The molecule has 1 aromatic rings. The van der Waals surface area contributed by atoms with E-state index in [1.807, 2.05) is 35.4 Å². The molecule has 4 nitrogen and oxygen atoms in total. The molecule has 26 heavy (non-hydrogen) atoms. The molecule has 3 rings (SSSR count). The fourth-order valence-electron chi connectivity index (χ4n) is 3.83. The summed E-state index contributed by atoms with van der Waals surface area (Å²) in [6.07, 6.45) is 3.60. The van der Waals surface area contributed by atoms with Crippen LogP contribution in [0, 0.1) is 11.8 Å². The fraction of sp³-hybridized carbons (Fsp3) is 0.600. The Labute approximate surface area is 165 Å². The molecular formula is C20H27ClN2O2S. The monoisotopic (exact) mass is 394 g/mol. The van der Waals surface area contributed by atoms with Gasteiger partial charge < -0.3 is 10.2 Å². The van der Waals surface area contributed by atoms with Crippen molar-refractivity contribution in [2.45, 2.75) is 44.7 Å². The molecular weight excluding hydrogens is 368 g/mol. The van der Waals surface area contributed by atoms with Gasteiger partial charge in [0.1, 0.15) is 6.04 Å². The topological polar surface area (TPSA) is 49.4 Å². The highest BCUT2D eigenvalue weighted by Crippen LogP contribution is 2.49. The lowest BCUT2D eigenvalue weighted by atomic mass is 9.97. The van der Waals surface area contributed by atoms with E-state index in [0.29, 0.717) is 23.9 Å². The summed E-state index contributed by atoms with van der Waals surface area (Å²) in [7, 11) is 0. The maximum atomic E-state index is 13.2. The van der Waals surface area contributed by atoms with Gasteiger partial charge in [0.05, 0.1) is 6.04 Å². The second kappa shape index (κ2) is 8.22. The van der Waals surface area contributed by atoms with Crippen molar-refractivity contribution >= 4 is 35.2 Å². The van der Waals surface area contributed by atoms with E-state index in [1.54, 1.807) is 11.8 Å². The third-order valence-electron chi connectivity index (χ3n) is 5.19. The fourth-order valence-corrected chi connectivity index (χ4v) is 4.55. The van der Waals surface area contributed by atoms with Crippen molar-refractivity contribution in [3.05, 3.63) is 34.9 Å². The Morgan fingerprint density at radius 2 is 2.04 bits per heavy atom. The normalized spacial score (nSPS) is 28.2. The Morgan fingerprint density at radius 3 is 2.65 bits per heavy atom. The molecule has 1 heterocycles. The number of carbonyl (C=O) groups is 2. The zero-order chi connectivity index (χ0) is 18.8. The Kier molecular flexibility index (Phi) is 6.18. The van der Waals surface area contributed by atoms with Crippen LogP contribution in [0.15, 0.2) is 24.3 Å². The molecule has 2 aliphatic rings. The minimum Gasteiger partial charge on any atom is -0.349 e. The lowest BCUT2D eigenvalue weighted by Gasteiger charge is -2.40. The summed E-state index contributed by atoms with van der Waals surface area (Å²) in [6.45, 7) is 4.81. The molecule has 1 aliphatic carbocycles. The molecule has 142 valence electrons. The van der Waals surface area contributed by atoms with Crippen LogP contribution in [-0.2, 0) is 9.59 Å². The minimum absolute atomic E-state index is 0.000966. The van der Waals surface area contributed by atoms with Crippen molar-refractivity contribution in [3.63, 3.8) is 0 Å². The number of thioether (sulfide) groups is 1. The number of amides is 2. The first-order valence-corrected chi connectivity index (χ1v) is 11.0. The van der Waals surface area contributed by atoms with Gasteiger partial charge in [0, 0.05) is 23.2 Å². The molecule has 2 fully saturated rings. The van der Waals surface area contributed by atoms with Crippen LogP contribution in [0.4, 0.5) is 0 Å². The van der Waals surface area contributed by atoms with Crippen LogP contribution >= 0.6 is 23.4 Å². The van der Waals surface area contributed by atoms with Crippen LogP contribution in [0.1, 0.15) is 38.2 Å². The molecule has 1 N–H and O–H groups in total. The number of piperazine rings is 1. The van der Waals surface area contributed by atoms with E-state index in [2.05, 4.69) is 19.2 Å². The number of nitrogens with zero attached hydrogens (tertiary/aromatic N) is 1. The van der Waals surface area contributed by atoms with Crippen molar-refractivity contribution in [3.8, 4) is 0 Å². The lowest BCUT2D eigenvalue weighted by Crippen LogP contribution is -2.62. The molecule has 0 spiro atoms. The molecule has 1 saturated heterocycles. The molecule has 0 aromatic heterocycles. The number of hydrogen-bond acceptors (Lipinski definition) is 3. The Balaban J connectivity index is 1.73. The van der Waals surface area contributed by atoms with E-state index in [9.17, 15) is 9.59 Å². The quantitative estimate of drug-likeness (QED) is 0.802. The molecule has 0 bridgehead atoms. The summed E-state index contributed by atoms with van der Waals surface area (Å²) < 4.78 is 0. The van der Waals surface area contributed by atoms with E-state index in [-0.39, 0.29) is 35.7 Å². The molecule has 0 radical (unpaired) electrons. The average Bonchev–Trinajstić information content (AvgIpc) is 3.38. The zero-order valence-corrected chi connectivity index (χ0v) is 17.1. The van der Waals surface area contributed by atoms with Crippen molar-refractivity contribution in [2.24, 2.45) is 11.8 Å². The number of nitrogens with one attached hydrogen (secondary N) is 1. The van der Waals surface area contributed by atoms with Crippen LogP contribution in [0.25, 0.3) is 0 Å². The number of halogens is 1. The number of hydrogen-bond donors (Lipinski definition) is 1. The zero-order valence-electron chi connectivity index (χ0n) is 15.6. The van der Waals surface area contributed by atoms with Gasteiger partial charge >= 0.3 is 0 Å². The first kappa shape index (κ1) is 19.6. The highest BCUT2D eigenvalue weighted by Gasteiger charge is 2.49. The first-order chi connectivity index (χ1) is 12.4. The third-order valence-corrected chi connectivity index (χ3v) is 6.18. The van der Waals surface area contributed by atoms with Crippen molar-refractivity contribution in [1.29, 1.82) is 0 Å². The Bertz CT molecular complexity index is 664. The standard InChI is InChI=1S/C20H27ClN2O2S/c1-12(2)8-18-19(24)22-15(11-26-3)10-23(18)20(25)17-9-16(17)13-4-6-14(21)7-5-13/h4-7,12,15-18H,8-11H2,1-3H3,(H,22,24)/t15-,16+,17-,18+/m1/s1. The van der Waals surface area contributed by atoms with E-state index >= 15 is 0 Å². The molecule has 4 atom stereocenters. The number of benzene rings is 1. The van der Waals surface area contributed by atoms with Gasteiger partial charge in [-0.3, -0.25) is 9.59 Å². The van der Waals surface area contributed by atoms with Crippen LogP contribution in [0.2, 0.25) is 5.02 Å². The van der Waals surface area contributed by atoms with Gasteiger partial charge in [-0.05, 0) is 48.6 Å². The summed E-state index contributed by atoms with van der Waals surface area (Å²) >= 11 is 7.66. The highest BCUT2D eigenvalue weighted by atomic mass is 35.5. The van der Waals surface area contributed by atoms with Crippen LogP contribution < -0.4 is 5.32 Å². The van der Waals surface area contributed by atoms with Gasteiger partial charge in [-0.1, -0.05) is 37.6 Å². The van der Waals surface area contributed by atoms with Crippen molar-refractivity contribution < 1.29 is 9.59 Å². The maximum absolute atomic E-state index is 13.2. The third kappa shape index (κ3) is 4.37. The summed E-state index contributed by atoms with van der Waals surface area (Å²) in [4.78, 5) is 27.7. The van der Waals surface area contributed by atoms with Gasteiger partial charge in [-0.25, -0.2) is 0 Å². The molecule has 2 amide bonds. The Hall–Kier alpha value is -1.20. The molecule has 0 unspecified atom stereocenters. The van der Waals surface area contributed by atoms with E-state index in [1.165, 1.54) is 0 Å². The summed E-state index contributed by atoms with van der Waals surface area (Å²) in [6, 6.07) is 7.46. The predicted octanol–water partition coefficient (Wildman–Crippen LogP) is 3.55. The molecule has 1 saturated carbocycles. The maximum Gasteiger partial charge on any atom is 0.243 e. The lowest BCUT2D eigenvalue weighted by molar-refractivity contribution is -0.146. The minimum atomic E-state index is -0.341. The molecule has 1 aromatic carbocycles. The summed E-state index contributed by atoms with van der Waals surface area (Å²) in [5.74, 6) is 1.58. The van der Waals surface area contributed by atoms with Crippen LogP contribution in [-0.4, -0.2) is 47.4 Å². The second-order valence-corrected chi connectivity index (χ2v) is 9.14. The van der Waals surface area contributed by atoms with Crippen LogP contribution in [0.5, 0.6) is 0 Å². The van der Waals surface area contributed by atoms with Gasteiger partial charge in [-0.15, -0.1) is 0 Å². The highest BCUT2D eigenvalue weighted by molar-refractivity contribution is 7.98. The summed E-state index contributed by atoms with van der Waals surface area (Å²) in [5.41, 5.74) is 1.16. The SMILES string of the molecule is CSC[C@H]1CN(C(=O)[C@@H]2C[C@H]2c2ccc(Cl)cc2)[C@@H](CC(C)C)C(=O)N1. The van der Waals surface area contributed by atoms with Gasteiger partial charge in [-0.2, -0.15) is 11.8 Å². The average molecular weight is 395 g/mol. The first-order valence-electron chi connectivity index (χ1n) is 9.26. The van der Waals surface area contributed by atoms with E-state index < -0.39 is 0 Å². The van der Waals surface area contributed by atoms with Gasteiger partial charge in [0.15, 0.2) is 0 Å². The van der Waals surface area contributed by atoms with Crippen LogP contribution in [0.3, 0.4) is 0 Å². The van der Waals surface area contributed by atoms with Gasteiger partial charge in [0.2, 0.25) is 11.8 Å².